The van der Waals surface area contributed by atoms with Gasteiger partial charge >= 0.3 is 0 Å². The maximum atomic E-state index is 4.74. The fourth-order valence-corrected chi connectivity index (χ4v) is 5.27. The van der Waals surface area contributed by atoms with Crippen LogP contribution in [0.4, 0.5) is 0 Å². The van der Waals surface area contributed by atoms with Gasteiger partial charge in [0.2, 0.25) is 0 Å². The quantitative estimate of drug-likeness (QED) is 0.887. The molecule has 1 N–H and O–H groups in total. The van der Waals surface area contributed by atoms with Crippen molar-refractivity contribution in [3.8, 4) is 0 Å². The number of thiazole rings is 1. The lowest BCUT2D eigenvalue weighted by Gasteiger charge is -2.59. The summed E-state index contributed by atoms with van der Waals surface area (Å²) >= 11 is 1.86. The summed E-state index contributed by atoms with van der Waals surface area (Å²) in [6, 6.07) is 8.47. The fourth-order valence-electron chi connectivity index (χ4n) is 4.32. The molecule has 0 bridgehead atoms. The second-order valence-electron chi connectivity index (χ2n) is 7.20. The average molecular weight is 315 g/mol. The molecule has 1 aliphatic carbocycles. The molecule has 3 nitrogen and oxygen atoms in total. The molecule has 0 radical (unpaired) electrons. The summed E-state index contributed by atoms with van der Waals surface area (Å²) in [5.74, 6) is 0.985. The molecule has 1 aromatic heterocycles. The van der Waals surface area contributed by atoms with Gasteiger partial charge in [-0.2, -0.15) is 0 Å². The van der Waals surface area contributed by atoms with Gasteiger partial charge in [-0.3, -0.25) is 0 Å². The van der Waals surface area contributed by atoms with E-state index in [2.05, 4.69) is 41.5 Å². The van der Waals surface area contributed by atoms with E-state index in [-0.39, 0.29) is 0 Å². The highest BCUT2D eigenvalue weighted by molar-refractivity contribution is 7.18. The van der Waals surface area contributed by atoms with E-state index in [1.807, 2.05) is 11.3 Å². The molecule has 0 unspecified atom stereocenters. The van der Waals surface area contributed by atoms with Crippen LogP contribution in [0.1, 0.15) is 24.3 Å². The Labute approximate surface area is 136 Å². The summed E-state index contributed by atoms with van der Waals surface area (Å²) in [5.41, 5.74) is 1.86. The van der Waals surface area contributed by atoms with E-state index in [0.717, 1.165) is 17.9 Å². The van der Waals surface area contributed by atoms with Crippen LogP contribution in [-0.4, -0.2) is 43.1 Å². The van der Waals surface area contributed by atoms with E-state index < -0.39 is 0 Å². The first-order valence-corrected chi connectivity index (χ1v) is 9.29. The van der Waals surface area contributed by atoms with Crippen molar-refractivity contribution >= 4 is 21.6 Å². The van der Waals surface area contributed by atoms with Crippen LogP contribution in [-0.2, 0) is 6.42 Å². The molecule has 118 valence electrons. The van der Waals surface area contributed by atoms with E-state index in [0.29, 0.717) is 5.41 Å². The van der Waals surface area contributed by atoms with Gasteiger partial charge in [0.1, 0.15) is 0 Å². The molecule has 1 spiro atoms. The molecule has 1 aromatic carbocycles. The van der Waals surface area contributed by atoms with Crippen LogP contribution in [0.15, 0.2) is 24.3 Å². The molecule has 1 aliphatic heterocycles. The number of nitrogens with zero attached hydrogens (tertiary/aromatic N) is 2. The minimum atomic E-state index is 0.700. The van der Waals surface area contributed by atoms with Crippen molar-refractivity contribution in [2.45, 2.75) is 25.7 Å². The van der Waals surface area contributed by atoms with Gasteiger partial charge in [0, 0.05) is 26.1 Å². The van der Waals surface area contributed by atoms with Gasteiger partial charge in [0.05, 0.1) is 15.2 Å². The summed E-state index contributed by atoms with van der Waals surface area (Å²) < 4.78 is 1.32. The number of likely N-dealkylation sites (tertiary alicyclic amines) is 1. The Hall–Kier alpha value is -0.970. The number of aromatic nitrogens is 1. The van der Waals surface area contributed by atoms with E-state index in [1.54, 1.807) is 0 Å². The summed E-state index contributed by atoms with van der Waals surface area (Å²) in [6.07, 6.45) is 5.40. The highest BCUT2D eigenvalue weighted by atomic mass is 32.1. The lowest BCUT2D eigenvalue weighted by molar-refractivity contribution is -0.0947. The van der Waals surface area contributed by atoms with Gasteiger partial charge in [-0.05, 0) is 56.3 Å². The van der Waals surface area contributed by atoms with Crippen LogP contribution in [0.3, 0.4) is 0 Å². The van der Waals surface area contributed by atoms with E-state index >= 15 is 0 Å². The number of para-hydroxylation sites is 1. The Morgan fingerprint density at radius 3 is 2.91 bits per heavy atom. The maximum Gasteiger partial charge on any atom is 0.0951 e. The van der Waals surface area contributed by atoms with Crippen LogP contribution >= 0.6 is 11.3 Å². The van der Waals surface area contributed by atoms with Crippen molar-refractivity contribution in [2.24, 2.45) is 11.3 Å². The van der Waals surface area contributed by atoms with Gasteiger partial charge in [-0.25, -0.2) is 4.98 Å². The van der Waals surface area contributed by atoms with Crippen LogP contribution in [0, 0.1) is 11.3 Å². The molecule has 2 aromatic rings. The maximum absolute atomic E-state index is 4.74. The predicted molar refractivity (Wildman–Crippen MR) is 93.5 cm³/mol. The Bertz CT molecular complexity index is 604. The average Bonchev–Trinajstić information content (AvgIpc) is 2.86. The zero-order valence-corrected chi connectivity index (χ0v) is 14.2. The molecule has 2 aliphatic rings. The molecule has 2 fully saturated rings. The zero-order valence-electron chi connectivity index (χ0n) is 13.3. The van der Waals surface area contributed by atoms with Crippen LogP contribution in [0.2, 0.25) is 0 Å². The van der Waals surface area contributed by atoms with Crippen LogP contribution in [0.25, 0.3) is 10.2 Å². The predicted octanol–water partition coefficient (Wildman–Crippen LogP) is 3.16. The number of hydrogen-bond donors (Lipinski definition) is 1. The number of nitrogens with one attached hydrogen (secondary N) is 1. The highest BCUT2D eigenvalue weighted by Crippen LogP contribution is 2.52. The van der Waals surface area contributed by atoms with Gasteiger partial charge in [0.25, 0.3) is 0 Å². The normalized spacial score (nSPS) is 21.1. The van der Waals surface area contributed by atoms with Gasteiger partial charge in [0.15, 0.2) is 0 Å². The second kappa shape index (κ2) is 5.91. The summed E-state index contributed by atoms with van der Waals surface area (Å²) in [7, 11) is 2.06. The first-order valence-electron chi connectivity index (χ1n) is 8.48. The van der Waals surface area contributed by atoms with Gasteiger partial charge in [-0.15, -0.1) is 11.3 Å². The molecule has 2 heterocycles. The monoisotopic (exact) mass is 315 g/mol. The summed E-state index contributed by atoms with van der Waals surface area (Å²) in [4.78, 5) is 7.37. The number of fused-ring (bicyclic) bond motifs is 1. The van der Waals surface area contributed by atoms with Gasteiger partial charge < -0.3 is 10.2 Å². The zero-order chi connectivity index (χ0) is 15.0. The van der Waals surface area contributed by atoms with Crippen molar-refractivity contribution in [1.29, 1.82) is 0 Å². The highest BCUT2D eigenvalue weighted by Gasteiger charge is 2.51. The minimum absolute atomic E-state index is 0.700. The molecule has 0 amide bonds. The Kier molecular flexibility index (Phi) is 3.93. The SMILES string of the molecule is CNCCC1CC2(C1)CN(CCc1nc3ccccc3s1)C2. The van der Waals surface area contributed by atoms with Crippen LogP contribution in [0.5, 0.6) is 0 Å². The molecular weight excluding hydrogens is 290 g/mol. The number of benzene rings is 1. The Balaban J connectivity index is 1.22. The van der Waals surface area contributed by atoms with E-state index in [4.69, 9.17) is 4.98 Å². The first-order chi connectivity index (χ1) is 10.8. The molecule has 0 atom stereocenters. The third-order valence-corrected chi connectivity index (χ3v) is 6.44. The van der Waals surface area contributed by atoms with Crippen molar-refractivity contribution in [2.75, 3.05) is 33.2 Å². The summed E-state index contributed by atoms with van der Waals surface area (Å²) in [6.45, 7) is 5.02. The minimum Gasteiger partial charge on any atom is -0.320 e. The van der Waals surface area contributed by atoms with Gasteiger partial charge in [-0.1, -0.05) is 12.1 Å². The van der Waals surface area contributed by atoms with Crippen molar-refractivity contribution in [3.63, 3.8) is 0 Å². The summed E-state index contributed by atoms with van der Waals surface area (Å²) in [5, 5.41) is 4.57. The first kappa shape index (κ1) is 14.6. The Morgan fingerprint density at radius 2 is 2.14 bits per heavy atom. The van der Waals surface area contributed by atoms with Crippen molar-refractivity contribution < 1.29 is 0 Å². The number of hydrogen-bond acceptors (Lipinski definition) is 4. The molecule has 1 saturated carbocycles. The third kappa shape index (κ3) is 2.80. The molecule has 4 heteroatoms. The standard InChI is InChI=1S/C18H25N3S/c1-19-8-6-14-10-18(11-14)12-21(13-18)9-7-17-20-15-4-2-3-5-16(15)22-17/h2-5,14,19H,6-13H2,1H3. The smallest absolute Gasteiger partial charge is 0.0951 e. The topological polar surface area (TPSA) is 28.2 Å². The van der Waals surface area contributed by atoms with E-state index in [1.165, 1.54) is 55.1 Å². The lowest BCUT2D eigenvalue weighted by atomic mass is 9.57. The molecular formula is C18H25N3S. The van der Waals surface area contributed by atoms with Crippen molar-refractivity contribution in [1.82, 2.24) is 15.2 Å². The second-order valence-corrected chi connectivity index (χ2v) is 8.32. The van der Waals surface area contributed by atoms with Crippen molar-refractivity contribution in [3.05, 3.63) is 29.3 Å². The number of rotatable bonds is 6. The Morgan fingerprint density at radius 1 is 1.32 bits per heavy atom. The van der Waals surface area contributed by atoms with E-state index in [9.17, 15) is 0 Å². The largest absolute Gasteiger partial charge is 0.320 e. The molecule has 22 heavy (non-hydrogen) atoms. The van der Waals surface area contributed by atoms with Crippen LogP contribution < -0.4 is 5.32 Å². The lowest BCUT2D eigenvalue weighted by Crippen LogP contribution is -2.62. The third-order valence-electron chi connectivity index (χ3n) is 5.34. The fraction of sp³-hybridized carbons (Fsp3) is 0.611. The molecule has 4 rings (SSSR count). The molecule has 1 saturated heterocycles.